The van der Waals surface area contributed by atoms with Crippen LogP contribution in [0.3, 0.4) is 0 Å². The first-order chi connectivity index (χ1) is 6.74. The first kappa shape index (κ1) is 9.50. The van der Waals surface area contributed by atoms with Crippen LogP contribution >= 0.6 is 0 Å². The van der Waals surface area contributed by atoms with E-state index in [-0.39, 0.29) is 0 Å². The van der Waals surface area contributed by atoms with E-state index >= 15 is 0 Å². The van der Waals surface area contributed by atoms with Crippen molar-refractivity contribution >= 4 is 5.71 Å². The average Bonchev–Trinajstić information content (AvgIpc) is 2.74. The van der Waals surface area contributed by atoms with Gasteiger partial charge < -0.3 is 4.98 Å². The molecule has 0 saturated heterocycles. The Kier molecular flexibility index (Phi) is 2.44. The number of aromatic nitrogens is 1. The molecule has 2 heterocycles. The molecule has 0 aliphatic carbocycles. The zero-order valence-corrected chi connectivity index (χ0v) is 9.28. The van der Waals surface area contributed by atoms with Crippen LogP contribution in [0.5, 0.6) is 0 Å². The summed E-state index contributed by atoms with van der Waals surface area (Å²) in [5.41, 5.74) is 6.76. The van der Waals surface area contributed by atoms with Gasteiger partial charge in [0.05, 0.1) is 11.4 Å². The Morgan fingerprint density at radius 1 is 1.36 bits per heavy atom. The SMILES string of the molecule is CCc1c(C)[nH]c(C2=NCCC2)c1C. The molecular formula is C12H18N2. The van der Waals surface area contributed by atoms with Crippen molar-refractivity contribution in [3.8, 4) is 0 Å². The molecule has 1 aliphatic rings. The van der Waals surface area contributed by atoms with Gasteiger partial charge in [-0.15, -0.1) is 0 Å². The summed E-state index contributed by atoms with van der Waals surface area (Å²) in [6.07, 6.45) is 3.47. The van der Waals surface area contributed by atoms with Crippen molar-refractivity contribution in [2.24, 2.45) is 4.99 Å². The summed E-state index contributed by atoms with van der Waals surface area (Å²) in [6.45, 7) is 7.58. The maximum Gasteiger partial charge on any atom is 0.0629 e. The van der Waals surface area contributed by atoms with E-state index in [1.54, 1.807) is 0 Å². The first-order valence-electron chi connectivity index (χ1n) is 5.45. The third-order valence-corrected chi connectivity index (χ3v) is 3.11. The van der Waals surface area contributed by atoms with Crippen molar-refractivity contribution in [1.82, 2.24) is 4.98 Å². The van der Waals surface area contributed by atoms with Crippen molar-refractivity contribution in [2.45, 2.75) is 40.0 Å². The van der Waals surface area contributed by atoms with Gasteiger partial charge in [0.15, 0.2) is 0 Å². The van der Waals surface area contributed by atoms with Gasteiger partial charge in [-0.3, -0.25) is 4.99 Å². The predicted octanol–water partition coefficient (Wildman–Crippen LogP) is 2.78. The van der Waals surface area contributed by atoms with Crippen LogP contribution < -0.4 is 0 Å². The molecule has 0 amide bonds. The highest BCUT2D eigenvalue weighted by atomic mass is 14.8. The second kappa shape index (κ2) is 3.60. The molecule has 0 fully saturated rings. The lowest BCUT2D eigenvalue weighted by Crippen LogP contribution is -1.99. The molecule has 0 spiro atoms. The molecule has 1 aliphatic heterocycles. The molecule has 14 heavy (non-hydrogen) atoms. The average molecular weight is 190 g/mol. The molecule has 0 aromatic carbocycles. The lowest BCUT2D eigenvalue weighted by molar-refractivity contribution is 0.950. The molecule has 0 atom stereocenters. The Labute approximate surface area is 85.4 Å². The van der Waals surface area contributed by atoms with Crippen LogP contribution in [0.2, 0.25) is 0 Å². The number of aryl methyl sites for hydroxylation is 1. The largest absolute Gasteiger partial charge is 0.357 e. The van der Waals surface area contributed by atoms with E-state index in [1.807, 2.05) is 0 Å². The van der Waals surface area contributed by atoms with Gasteiger partial charge in [0.25, 0.3) is 0 Å². The molecule has 1 aromatic rings. The fraction of sp³-hybridized carbons (Fsp3) is 0.583. The molecular weight excluding hydrogens is 172 g/mol. The highest BCUT2D eigenvalue weighted by molar-refractivity contribution is 6.01. The molecule has 0 radical (unpaired) electrons. The fourth-order valence-corrected chi connectivity index (χ4v) is 2.35. The van der Waals surface area contributed by atoms with Gasteiger partial charge in [0.2, 0.25) is 0 Å². The number of hydrogen-bond donors (Lipinski definition) is 1. The Bertz CT molecular complexity index is 372. The number of aliphatic imine (C=N–C) groups is 1. The molecule has 0 bridgehead atoms. The number of hydrogen-bond acceptors (Lipinski definition) is 1. The molecule has 1 aromatic heterocycles. The van der Waals surface area contributed by atoms with Gasteiger partial charge in [-0.2, -0.15) is 0 Å². The van der Waals surface area contributed by atoms with E-state index in [9.17, 15) is 0 Å². The van der Waals surface area contributed by atoms with Crippen molar-refractivity contribution in [3.05, 3.63) is 22.5 Å². The van der Waals surface area contributed by atoms with Crippen LogP contribution in [0.15, 0.2) is 4.99 Å². The van der Waals surface area contributed by atoms with Crippen LogP contribution in [0.4, 0.5) is 0 Å². The topological polar surface area (TPSA) is 28.1 Å². The minimum Gasteiger partial charge on any atom is -0.357 e. The molecule has 0 unspecified atom stereocenters. The molecule has 0 saturated carbocycles. The van der Waals surface area contributed by atoms with Gasteiger partial charge in [-0.05, 0) is 44.2 Å². The highest BCUT2D eigenvalue weighted by Crippen LogP contribution is 2.22. The van der Waals surface area contributed by atoms with Crippen LogP contribution in [0.1, 0.15) is 42.3 Å². The Morgan fingerprint density at radius 2 is 2.14 bits per heavy atom. The van der Waals surface area contributed by atoms with E-state index in [0.717, 1.165) is 19.4 Å². The van der Waals surface area contributed by atoms with Gasteiger partial charge in [-0.1, -0.05) is 6.92 Å². The second-order valence-corrected chi connectivity index (χ2v) is 4.01. The maximum atomic E-state index is 4.54. The molecule has 2 nitrogen and oxygen atoms in total. The summed E-state index contributed by atoms with van der Waals surface area (Å²) in [6, 6.07) is 0. The van der Waals surface area contributed by atoms with Crippen LogP contribution in [-0.2, 0) is 6.42 Å². The Hall–Kier alpha value is -1.05. The quantitative estimate of drug-likeness (QED) is 0.743. The fourth-order valence-electron chi connectivity index (χ4n) is 2.35. The van der Waals surface area contributed by atoms with Gasteiger partial charge >= 0.3 is 0 Å². The van der Waals surface area contributed by atoms with E-state index < -0.39 is 0 Å². The van der Waals surface area contributed by atoms with Crippen LogP contribution in [0, 0.1) is 13.8 Å². The van der Waals surface area contributed by atoms with Crippen molar-refractivity contribution in [3.63, 3.8) is 0 Å². The van der Waals surface area contributed by atoms with E-state index in [2.05, 4.69) is 30.7 Å². The van der Waals surface area contributed by atoms with Crippen molar-refractivity contribution in [1.29, 1.82) is 0 Å². The number of nitrogens with zero attached hydrogens (tertiary/aromatic N) is 1. The summed E-state index contributed by atoms with van der Waals surface area (Å²) in [7, 11) is 0. The zero-order chi connectivity index (χ0) is 10.1. The number of aromatic amines is 1. The normalized spacial score (nSPS) is 16.1. The lowest BCUT2D eigenvalue weighted by Gasteiger charge is -1.99. The molecule has 76 valence electrons. The lowest BCUT2D eigenvalue weighted by atomic mass is 10.0. The summed E-state index contributed by atoms with van der Waals surface area (Å²) in [5, 5.41) is 0. The zero-order valence-electron chi connectivity index (χ0n) is 9.28. The Morgan fingerprint density at radius 3 is 2.64 bits per heavy atom. The predicted molar refractivity (Wildman–Crippen MR) is 60.3 cm³/mol. The van der Waals surface area contributed by atoms with Crippen LogP contribution in [0.25, 0.3) is 0 Å². The monoisotopic (exact) mass is 190 g/mol. The summed E-state index contributed by atoms with van der Waals surface area (Å²) >= 11 is 0. The minimum absolute atomic E-state index is 1.01. The summed E-state index contributed by atoms with van der Waals surface area (Å²) < 4.78 is 0. The minimum atomic E-state index is 1.01. The van der Waals surface area contributed by atoms with Gasteiger partial charge in [0, 0.05) is 12.2 Å². The number of H-pyrrole nitrogens is 1. The number of nitrogens with one attached hydrogen (secondary N) is 1. The number of rotatable bonds is 2. The van der Waals surface area contributed by atoms with E-state index in [4.69, 9.17) is 0 Å². The molecule has 1 N–H and O–H groups in total. The smallest absolute Gasteiger partial charge is 0.0629 e. The Balaban J connectivity index is 2.43. The van der Waals surface area contributed by atoms with E-state index in [1.165, 1.54) is 34.6 Å². The van der Waals surface area contributed by atoms with E-state index in [0.29, 0.717) is 0 Å². The molecule has 2 heteroatoms. The van der Waals surface area contributed by atoms with Crippen molar-refractivity contribution < 1.29 is 0 Å². The summed E-state index contributed by atoms with van der Waals surface area (Å²) in [5.74, 6) is 0. The van der Waals surface area contributed by atoms with Crippen molar-refractivity contribution in [2.75, 3.05) is 6.54 Å². The highest BCUT2D eigenvalue weighted by Gasteiger charge is 2.16. The van der Waals surface area contributed by atoms with Gasteiger partial charge in [-0.25, -0.2) is 0 Å². The third-order valence-electron chi connectivity index (χ3n) is 3.11. The van der Waals surface area contributed by atoms with Crippen LogP contribution in [-0.4, -0.2) is 17.2 Å². The third kappa shape index (κ3) is 1.39. The molecule has 2 rings (SSSR count). The first-order valence-corrected chi connectivity index (χ1v) is 5.45. The van der Waals surface area contributed by atoms with Gasteiger partial charge in [0.1, 0.15) is 0 Å². The maximum absolute atomic E-state index is 4.54. The summed E-state index contributed by atoms with van der Waals surface area (Å²) in [4.78, 5) is 8.02. The standard InChI is InChI=1S/C12H18N2/c1-4-10-8(2)12(14-9(10)3)11-6-5-7-13-11/h14H,4-7H2,1-3H3. The second-order valence-electron chi connectivity index (χ2n) is 4.01.